The van der Waals surface area contributed by atoms with Gasteiger partial charge in [0, 0.05) is 18.7 Å². The highest BCUT2D eigenvalue weighted by Crippen LogP contribution is 2.43. The van der Waals surface area contributed by atoms with Gasteiger partial charge in [0.1, 0.15) is 19.0 Å². The van der Waals surface area contributed by atoms with E-state index in [4.69, 9.17) is 9.47 Å². The molecule has 0 amide bonds. The Kier molecular flexibility index (Phi) is 3.93. The number of halogens is 3. The zero-order valence-electron chi connectivity index (χ0n) is 15.3. The van der Waals surface area contributed by atoms with E-state index in [-0.39, 0.29) is 11.6 Å². The van der Waals surface area contributed by atoms with Crippen LogP contribution in [-0.4, -0.2) is 52.5 Å². The summed E-state index contributed by atoms with van der Waals surface area (Å²) in [5.74, 6) is 1.44. The Morgan fingerprint density at radius 1 is 1.14 bits per heavy atom. The molecule has 0 radical (unpaired) electrons. The van der Waals surface area contributed by atoms with Crippen molar-refractivity contribution in [3.63, 3.8) is 0 Å². The van der Waals surface area contributed by atoms with E-state index >= 15 is 0 Å². The Labute approximate surface area is 162 Å². The highest BCUT2D eigenvalue weighted by Gasteiger charge is 2.34. The molecule has 29 heavy (non-hydrogen) atoms. The molecule has 8 nitrogen and oxygen atoms in total. The molecule has 3 heterocycles. The molecule has 11 heteroatoms. The van der Waals surface area contributed by atoms with Gasteiger partial charge < -0.3 is 19.1 Å². The summed E-state index contributed by atoms with van der Waals surface area (Å²) >= 11 is 0. The molecule has 1 fully saturated rings. The molecule has 0 N–H and O–H groups in total. The zero-order valence-corrected chi connectivity index (χ0v) is 15.3. The van der Waals surface area contributed by atoms with E-state index in [1.807, 2.05) is 11.9 Å². The predicted octanol–water partition coefficient (Wildman–Crippen LogP) is 3.06. The van der Waals surface area contributed by atoms with Crippen molar-refractivity contribution in [3.8, 4) is 28.6 Å². The SMILES string of the molecule is CN(c1nn2c(-c3cccc(OC(F)(F)F)c3)nnc2c2c1OCCO2)C1CC1. The monoisotopic (exact) mass is 407 g/mol. The van der Waals surface area contributed by atoms with Gasteiger partial charge in [-0.3, -0.25) is 0 Å². The molecule has 1 aliphatic carbocycles. The van der Waals surface area contributed by atoms with Gasteiger partial charge in [0.15, 0.2) is 11.6 Å². The molecular weight excluding hydrogens is 391 g/mol. The number of hydrogen-bond acceptors (Lipinski definition) is 7. The Hall–Kier alpha value is -3.24. The lowest BCUT2D eigenvalue weighted by atomic mass is 10.2. The van der Waals surface area contributed by atoms with Gasteiger partial charge in [-0.05, 0) is 25.0 Å². The van der Waals surface area contributed by atoms with Crippen molar-refractivity contribution in [1.29, 1.82) is 0 Å². The first kappa shape index (κ1) is 17.8. The quantitative estimate of drug-likeness (QED) is 0.658. The molecule has 0 unspecified atom stereocenters. The van der Waals surface area contributed by atoms with Gasteiger partial charge in [0.2, 0.25) is 17.1 Å². The van der Waals surface area contributed by atoms with Crippen LogP contribution in [0.2, 0.25) is 0 Å². The first-order valence-corrected chi connectivity index (χ1v) is 9.05. The van der Waals surface area contributed by atoms with Crippen LogP contribution in [0.5, 0.6) is 17.2 Å². The van der Waals surface area contributed by atoms with Crippen LogP contribution in [-0.2, 0) is 0 Å². The maximum atomic E-state index is 12.6. The van der Waals surface area contributed by atoms with E-state index in [2.05, 4.69) is 20.0 Å². The Balaban J connectivity index is 1.64. The normalized spacial score (nSPS) is 16.1. The fourth-order valence-corrected chi connectivity index (χ4v) is 3.28. The molecule has 1 aliphatic heterocycles. The van der Waals surface area contributed by atoms with Crippen LogP contribution < -0.4 is 19.1 Å². The molecule has 2 aromatic heterocycles. The van der Waals surface area contributed by atoms with Crippen LogP contribution in [0, 0.1) is 0 Å². The van der Waals surface area contributed by atoms with E-state index in [1.165, 1.54) is 22.7 Å². The maximum Gasteiger partial charge on any atom is 0.573 e. The molecule has 1 saturated carbocycles. The molecular formula is C18H16F3N5O3. The number of aromatic nitrogens is 4. The van der Waals surface area contributed by atoms with Crippen molar-refractivity contribution in [3.05, 3.63) is 24.3 Å². The van der Waals surface area contributed by atoms with Gasteiger partial charge in [-0.15, -0.1) is 28.5 Å². The maximum absolute atomic E-state index is 12.6. The smallest absolute Gasteiger partial charge is 0.483 e. The van der Waals surface area contributed by atoms with E-state index in [1.54, 1.807) is 6.07 Å². The van der Waals surface area contributed by atoms with Crippen molar-refractivity contribution >= 4 is 11.5 Å². The summed E-state index contributed by atoms with van der Waals surface area (Å²) in [6.45, 7) is 0.755. The molecule has 0 atom stereocenters. The van der Waals surface area contributed by atoms with E-state index in [9.17, 15) is 13.2 Å². The first-order valence-electron chi connectivity index (χ1n) is 9.05. The van der Waals surface area contributed by atoms with Gasteiger partial charge in [0.05, 0.1) is 0 Å². The lowest BCUT2D eigenvalue weighted by molar-refractivity contribution is -0.274. The zero-order chi connectivity index (χ0) is 20.2. The van der Waals surface area contributed by atoms with Crippen LogP contribution in [0.1, 0.15) is 12.8 Å². The van der Waals surface area contributed by atoms with Crippen LogP contribution in [0.25, 0.3) is 17.0 Å². The number of benzene rings is 1. The van der Waals surface area contributed by atoms with E-state index in [0.717, 1.165) is 12.8 Å². The summed E-state index contributed by atoms with van der Waals surface area (Å²) in [4.78, 5) is 2.01. The third-order valence-electron chi connectivity index (χ3n) is 4.78. The summed E-state index contributed by atoms with van der Waals surface area (Å²) in [6.07, 6.45) is -2.68. The number of alkyl halides is 3. The standard InChI is InChI=1S/C18H16F3N5O3/c1-25(11-5-6-11)17-14-13(27-7-8-28-14)16-23-22-15(26(16)24-17)10-3-2-4-12(9-10)29-18(19,20)21/h2-4,9,11H,5-8H2,1H3. The van der Waals surface area contributed by atoms with Crippen LogP contribution in [0.4, 0.5) is 19.0 Å². The highest BCUT2D eigenvalue weighted by atomic mass is 19.4. The fraction of sp³-hybridized carbons (Fsp3) is 0.389. The Morgan fingerprint density at radius 3 is 2.62 bits per heavy atom. The number of hydrogen-bond donors (Lipinski definition) is 0. The molecule has 152 valence electrons. The van der Waals surface area contributed by atoms with Crippen molar-refractivity contribution in [1.82, 2.24) is 19.8 Å². The minimum Gasteiger partial charge on any atom is -0.483 e. The molecule has 0 spiro atoms. The fourth-order valence-electron chi connectivity index (χ4n) is 3.28. The molecule has 3 aromatic rings. The minimum absolute atomic E-state index is 0.273. The highest BCUT2D eigenvalue weighted by molar-refractivity contribution is 5.73. The topological polar surface area (TPSA) is 74.0 Å². The second-order valence-corrected chi connectivity index (χ2v) is 6.86. The molecule has 5 rings (SSSR count). The summed E-state index contributed by atoms with van der Waals surface area (Å²) < 4.78 is 54.8. The van der Waals surface area contributed by atoms with Crippen molar-refractivity contribution in [2.24, 2.45) is 0 Å². The number of nitrogens with zero attached hydrogens (tertiary/aromatic N) is 5. The average Bonchev–Trinajstić information content (AvgIpc) is 3.44. The van der Waals surface area contributed by atoms with Crippen molar-refractivity contribution in [2.75, 3.05) is 25.2 Å². The van der Waals surface area contributed by atoms with E-state index < -0.39 is 6.36 Å². The molecule has 1 aromatic carbocycles. The number of anilines is 1. The Morgan fingerprint density at radius 2 is 1.90 bits per heavy atom. The number of fused-ring (bicyclic) bond motifs is 3. The summed E-state index contributed by atoms with van der Waals surface area (Å²) in [7, 11) is 1.92. The molecule has 2 aliphatic rings. The van der Waals surface area contributed by atoms with Gasteiger partial charge >= 0.3 is 6.36 Å². The second-order valence-electron chi connectivity index (χ2n) is 6.86. The van der Waals surface area contributed by atoms with Gasteiger partial charge in [0.25, 0.3) is 0 Å². The Bertz CT molecular complexity index is 1080. The minimum atomic E-state index is -4.78. The molecule has 0 bridgehead atoms. The summed E-state index contributed by atoms with van der Waals surface area (Å²) in [6, 6.07) is 5.89. The van der Waals surface area contributed by atoms with Crippen molar-refractivity contribution < 1.29 is 27.4 Å². The lowest BCUT2D eigenvalue weighted by Crippen LogP contribution is -2.26. The predicted molar refractivity (Wildman–Crippen MR) is 95.3 cm³/mol. The third-order valence-corrected chi connectivity index (χ3v) is 4.78. The summed E-state index contributed by atoms with van der Waals surface area (Å²) in [5.41, 5.74) is 0.716. The van der Waals surface area contributed by atoms with Gasteiger partial charge in [-0.2, -0.15) is 4.52 Å². The first-order chi connectivity index (χ1) is 13.9. The number of rotatable bonds is 4. The van der Waals surface area contributed by atoms with Crippen LogP contribution >= 0.6 is 0 Å². The second kappa shape index (κ2) is 6.39. The van der Waals surface area contributed by atoms with Crippen molar-refractivity contribution in [2.45, 2.75) is 25.2 Å². The molecule has 0 saturated heterocycles. The van der Waals surface area contributed by atoms with Gasteiger partial charge in [-0.1, -0.05) is 12.1 Å². The lowest BCUT2D eigenvalue weighted by Gasteiger charge is -2.25. The average molecular weight is 407 g/mol. The summed E-state index contributed by atoms with van der Waals surface area (Å²) in [5, 5.41) is 12.9. The largest absolute Gasteiger partial charge is 0.573 e. The number of ether oxygens (including phenoxy) is 3. The van der Waals surface area contributed by atoms with E-state index in [0.29, 0.717) is 47.8 Å². The third kappa shape index (κ3) is 3.26. The van der Waals surface area contributed by atoms with Crippen LogP contribution in [0.15, 0.2) is 24.3 Å². The van der Waals surface area contributed by atoms with Gasteiger partial charge in [-0.25, -0.2) is 0 Å². The van der Waals surface area contributed by atoms with Crippen LogP contribution in [0.3, 0.4) is 0 Å².